The Kier molecular flexibility index (Phi) is 2.85. The minimum atomic E-state index is -0.855. The number of carbonyl (C=O) groups is 1. The quantitative estimate of drug-likeness (QED) is 0.917. The van der Waals surface area contributed by atoms with Gasteiger partial charge in [0.2, 0.25) is 0 Å². The second-order valence-electron chi connectivity index (χ2n) is 5.00. The van der Waals surface area contributed by atoms with E-state index in [0.29, 0.717) is 18.6 Å². The van der Waals surface area contributed by atoms with Gasteiger partial charge in [-0.1, -0.05) is 18.2 Å². The van der Waals surface area contributed by atoms with Crippen LogP contribution in [-0.4, -0.2) is 16.5 Å². The molecule has 4 heteroatoms. The van der Waals surface area contributed by atoms with Gasteiger partial charge in [0.25, 0.3) is 5.91 Å². The molecule has 1 amide bonds. The maximum absolute atomic E-state index is 11.7. The van der Waals surface area contributed by atoms with Crippen LogP contribution in [0.5, 0.6) is 5.75 Å². The molecule has 0 bridgehead atoms. The van der Waals surface area contributed by atoms with Gasteiger partial charge in [-0.2, -0.15) is 0 Å². The Morgan fingerprint density at radius 3 is 2.68 bits per heavy atom. The Hall–Kier alpha value is -2.10. The maximum atomic E-state index is 11.7. The zero-order chi connectivity index (χ0) is 13.3. The minimum Gasteiger partial charge on any atom is -0.475 e. The first-order valence-electron chi connectivity index (χ1n) is 6.54. The summed E-state index contributed by atoms with van der Waals surface area (Å²) in [5, 5.41) is 0.998. The highest BCUT2D eigenvalue weighted by atomic mass is 16.5. The number of ether oxygens (including phenoxy) is 1. The molecule has 2 N–H and O–H groups in total. The molecule has 0 saturated heterocycles. The van der Waals surface area contributed by atoms with Crippen LogP contribution in [0, 0.1) is 0 Å². The summed E-state index contributed by atoms with van der Waals surface area (Å²) < 4.78 is 6.00. The first-order chi connectivity index (χ1) is 9.21. The molecule has 2 aromatic rings. The van der Waals surface area contributed by atoms with Gasteiger partial charge in [0.15, 0.2) is 5.60 Å². The maximum Gasteiger partial charge on any atom is 0.261 e. The van der Waals surface area contributed by atoms with E-state index in [-0.39, 0.29) is 5.91 Å². The van der Waals surface area contributed by atoms with E-state index in [1.54, 1.807) is 6.20 Å². The van der Waals surface area contributed by atoms with Crippen LogP contribution in [0.1, 0.15) is 25.7 Å². The molecule has 0 spiro atoms. The van der Waals surface area contributed by atoms with Crippen molar-refractivity contribution >= 4 is 16.8 Å². The van der Waals surface area contributed by atoms with Crippen LogP contribution in [-0.2, 0) is 4.79 Å². The van der Waals surface area contributed by atoms with Crippen molar-refractivity contribution in [3.05, 3.63) is 36.5 Å². The van der Waals surface area contributed by atoms with Crippen molar-refractivity contribution in [2.45, 2.75) is 31.3 Å². The number of amides is 1. The van der Waals surface area contributed by atoms with Gasteiger partial charge in [-0.05, 0) is 37.8 Å². The Labute approximate surface area is 111 Å². The van der Waals surface area contributed by atoms with Crippen LogP contribution in [0.15, 0.2) is 36.5 Å². The summed E-state index contributed by atoms with van der Waals surface area (Å²) in [6.45, 7) is 0. The molecule has 98 valence electrons. The number of fused-ring (bicyclic) bond motifs is 1. The van der Waals surface area contributed by atoms with Crippen LogP contribution in [0.4, 0.5) is 0 Å². The normalized spacial score (nSPS) is 17.5. The largest absolute Gasteiger partial charge is 0.475 e. The fraction of sp³-hybridized carbons (Fsp3) is 0.333. The van der Waals surface area contributed by atoms with E-state index in [1.165, 1.54) is 0 Å². The van der Waals surface area contributed by atoms with Gasteiger partial charge in [-0.25, -0.2) is 0 Å². The molecule has 1 heterocycles. The molecular formula is C15H16N2O2. The van der Waals surface area contributed by atoms with E-state index in [4.69, 9.17) is 10.5 Å². The molecule has 1 fully saturated rings. The third-order valence-electron chi connectivity index (χ3n) is 3.76. The summed E-state index contributed by atoms with van der Waals surface area (Å²) in [6, 6.07) is 9.58. The van der Waals surface area contributed by atoms with Gasteiger partial charge in [-0.3, -0.25) is 9.78 Å². The Bertz CT molecular complexity index is 613. The number of nitrogens with two attached hydrogens (primary N) is 1. The number of hydrogen-bond acceptors (Lipinski definition) is 3. The molecule has 0 atom stereocenters. The third-order valence-corrected chi connectivity index (χ3v) is 3.76. The highest BCUT2D eigenvalue weighted by Crippen LogP contribution is 2.36. The van der Waals surface area contributed by atoms with E-state index in [9.17, 15) is 4.79 Å². The lowest BCUT2D eigenvalue weighted by molar-refractivity contribution is -0.132. The summed E-state index contributed by atoms with van der Waals surface area (Å²) in [4.78, 5) is 16.1. The molecule has 0 aliphatic heterocycles. The van der Waals surface area contributed by atoms with Crippen molar-refractivity contribution in [3.8, 4) is 5.75 Å². The second kappa shape index (κ2) is 4.53. The fourth-order valence-electron chi connectivity index (χ4n) is 2.71. The molecule has 3 rings (SSSR count). The number of pyridine rings is 1. The predicted molar refractivity (Wildman–Crippen MR) is 72.8 cm³/mol. The van der Waals surface area contributed by atoms with E-state index >= 15 is 0 Å². The van der Waals surface area contributed by atoms with Gasteiger partial charge in [-0.15, -0.1) is 0 Å². The summed E-state index contributed by atoms with van der Waals surface area (Å²) in [6.07, 6.45) is 5.04. The number of benzene rings is 1. The summed E-state index contributed by atoms with van der Waals surface area (Å²) in [5.74, 6) is 0.261. The van der Waals surface area contributed by atoms with Crippen molar-refractivity contribution in [3.63, 3.8) is 0 Å². The van der Waals surface area contributed by atoms with Gasteiger partial charge < -0.3 is 10.5 Å². The molecule has 1 aliphatic rings. The number of aromatic nitrogens is 1. The van der Waals surface area contributed by atoms with Crippen LogP contribution in [0.3, 0.4) is 0 Å². The summed E-state index contributed by atoms with van der Waals surface area (Å²) in [7, 11) is 0. The Morgan fingerprint density at radius 1 is 1.21 bits per heavy atom. The first-order valence-corrected chi connectivity index (χ1v) is 6.54. The second-order valence-corrected chi connectivity index (χ2v) is 5.00. The molecule has 0 unspecified atom stereocenters. The van der Waals surface area contributed by atoms with E-state index in [1.807, 2.05) is 30.3 Å². The fourth-order valence-corrected chi connectivity index (χ4v) is 2.71. The van der Waals surface area contributed by atoms with Gasteiger partial charge in [0.1, 0.15) is 11.3 Å². The smallest absolute Gasteiger partial charge is 0.261 e. The van der Waals surface area contributed by atoms with Crippen LogP contribution < -0.4 is 10.5 Å². The van der Waals surface area contributed by atoms with Crippen LogP contribution in [0.25, 0.3) is 10.9 Å². The number of hydrogen-bond donors (Lipinski definition) is 1. The number of para-hydroxylation sites is 1. The van der Waals surface area contributed by atoms with Crippen LogP contribution in [0.2, 0.25) is 0 Å². The Balaban J connectivity index is 2.03. The SMILES string of the molecule is NC(=O)C1(Oc2cccc3cccnc23)CCCC1. The van der Waals surface area contributed by atoms with Crippen molar-refractivity contribution in [2.24, 2.45) is 5.73 Å². The monoisotopic (exact) mass is 256 g/mol. The van der Waals surface area contributed by atoms with E-state index < -0.39 is 5.60 Å². The lowest BCUT2D eigenvalue weighted by Crippen LogP contribution is -2.46. The van der Waals surface area contributed by atoms with Crippen molar-refractivity contribution < 1.29 is 9.53 Å². The molecule has 0 radical (unpaired) electrons. The molecule has 4 nitrogen and oxygen atoms in total. The van der Waals surface area contributed by atoms with Gasteiger partial charge in [0.05, 0.1) is 0 Å². The van der Waals surface area contributed by atoms with E-state index in [2.05, 4.69) is 4.98 Å². The van der Waals surface area contributed by atoms with E-state index in [0.717, 1.165) is 23.7 Å². The molecule has 1 saturated carbocycles. The topological polar surface area (TPSA) is 65.2 Å². The van der Waals surface area contributed by atoms with Crippen molar-refractivity contribution in [1.82, 2.24) is 4.98 Å². The lowest BCUT2D eigenvalue weighted by Gasteiger charge is -2.27. The molecule has 1 aliphatic carbocycles. The standard InChI is InChI=1S/C15H16N2O2/c16-14(18)15(8-1-2-9-15)19-12-7-3-5-11-6-4-10-17-13(11)12/h3-7,10H,1-2,8-9H2,(H2,16,18). The highest BCUT2D eigenvalue weighted by molar-refractivity contribution is 5.87. The number of primary amides is 1. The predicted octanol–water partition coefficient (Wildman–Crippen LogP) is 2.41. The minimum absolute atomic E-state index is 0.377. The van der Waals surface area contributed by atoms with Crippen LogP contribution >= 0.6 is 0 Å². The molecule has 1 aromatic heterocycles. The lowest BCUT2D eigenvalue weighted by atomic mass is 10.0. The average molecular weight is 256 g/mol. The molecule has 1 aromatic carbocycles. The number of nitrogens with zero attached hydrogens (tertiary/aromatic N) is 1. The average Bonchev–Trinajstić information content (AvgIpc) is 2.89. The van der Waals surface area contributed by atoms with Gasteiger partial charge in [0, 0.05) is 11.6 Å². The highest BCUT2D eigenvalue weighted by Gasteiger charge is 2.42. The van der Waals surface area contributed by atoms with Crippen molar-refractivity contribution in [2.75, 3.05) is 0 Å². The summed E-state index contributed by atoms with van der Waals surface area (Å²) >= 11 is 0. The summed E-state index contributed by atoms with van der Waals surface area (Å²) in [5.41, 5.74) is 5.46. The van der Waals surface area contributed by atoms with Gasteiger partial charge >= 0.3 is 0 Å². The number of rotatable bonds is 3. The Morgan fingerprint density at radius 2 is 1.95 bits per heavy atom. The third kappa shape index (κ3) is 2.03. The zero-order valence-corrected chi connectivity index (χ0v) is 10.6. The first kappa shape index (κ1) is 12.0. The molecule has 19 heavy (non-hydrogen) atoms. The number of carbonyl (C=O) groups excluding carboxylic acids is 1. The molecular weight excluding hydrogens is 240 g/mol. The zero-order valence-electron chi connectivity index (χ0n) is 10.6. The van der Waals surface area contributed by atoms with Crippen molar-refractivity contribution in [1.29, 1.82) is 0 Å².